The minimum Gasteiger partial charge on any atom is -0.353 e. The van der Waals surface area contributed by atoms with Gasteiger partial charge in [-0.25, -0.2) is 15.0 Å². The van der Waals surface area contributed by atoms with Crippen molar-refractivity contribution < 1.29 is 4.79 Å². The van der Waals surface area contributed by atoms with Gasteiger partial charge in [-0.3, -0.25) is 14.0 Å². The number of hydrogen-bond acceptors (Lipinski definition) is 7. The number of imidazole rings is 1. The SMILES string of the molecule is Cc1ncn(-c2cc(N3CCN(C(=O)c4cc(-c5cccs5)nn4C)CC3)ncn2)c1C. The summed E-state index contributed by atoms with van der Waals surface area (Å²) in [6.07, 6.45) is 3.37. The third-order valence-corrected chi connectivity index (χ3v) is 6.79. The van der Waals surface area contributed by atoms with E-state index in [0.717, 1.165) is 33.6 Å². The van der Waals surface area contributed by atoms with Crippen LogP contribution in [0.2, 0.25) is 0 Å². The lowest BCUT2D eigenvalue weighted by Gasteiger charge is -2.35. The molecule has 4 aromatic heterocycles. The monoisotopic (exact) mass is 448 g/mol. The Morgan fingerprint density at radius 1 is 1.03 bits per heavy atom. The summed E-state index contributed by atoms with van der Waals surface area (Å²) in [6.45, 7) is 6.67. The molecule has 0 bridgehead atoms. The van der Waals surface area contributed by atoms with Crippen molar-refractivity contribution in [3.63, 3.8) is 0 Å². The Morgan fingerprint density at radius 2 is 1.81 bits per heavy atom. The van der Waals surface area contributed by atoms with E-state index in [1.165, 1.54) is 0 Å². The molecule has 0 saturated carbocycles. The van der Waals surface area contributed by atoms with Crippen LogP contribution < -0.4 is 4.90 Å². The summed E-state index contributed by atoms with van der Waals surface area (Å²) in [7, 11) is 1.82. The quantitative estimate of drug-likeness (QED) is 0.477. The maximum atomic E-state index is 13.1. The summed E-state index contributed by atoms with van der Waals surface area (Å²) in [5.74, 6) is 1.66. The van der Waals surface area contributed by atoms with Gasteiger partial charge in [-0.2, -0.15) is 5.10 Å². The van der Waals surface area contributed by atoms with Gasteiger partial charge in [0.1, 0.15) is 35.7 Å². The molecule has 0 radical (unpaired) electrons. The van der Waals surface area contributed by atoms with Gasteiger partial charge in [-0.05, 0) is 31.4 Å². The fourth-order valence-electron chi connectivity index (χ4n) is 3.88. The Balaban J connectivity index is 1.28. The summed E-state index contributed by atoms with van der Waals surface area (Å²) in [5, 5.41) is 6.54. The van der Waals surface area contributed by atoms with Crippen molar-refractivity contribution in [1.82, 2.24) is 34.2 Å². The first-order valence-corrected chi connectivity index (χ1v) is 11.3. The fraction of sp³-hybridized carbons (Fsp3) is 0.318. The van der Waals surface area contributed by atoms with Crippen LogP contribution in [0.5, 0.6) is 0 Å². The normalized spacial score (nSPS) is 14.2. The molecule has 9 nitrogen and oxygen atoms in total. The topological polar surface area (TPSA) is 85.0 Å². The van der Waals surface area contributed by atoms with E-state index in [4.69, 9.17) is 0 Å². The third kappa shape index (κ3) is 3.66. The highest BCUT2D eigenvalue weighted by Gasteiger charge is 2.26. The lowest BCUT2D eigenvalue weighted by Crippen LogP contribution is -2.49. The average molecular weight is 449 g/mol. The molecule has 5 rings (SSSR count). The van der Waals surface area contributed by atoms with Gasteiger partial charge < -0.3 is 9.80 Å². The molecule has 0 aliphatic carbocycles. The minimum absolute atomic E-state index is 0.00958. The number of aromatic nitrogens is 6. The van der Waals surface area contributed by atoms with Crippen molar-refractivity contribution in [2.75, 3.05) is 31.1 Å². The van der Waals surface area contributed by atoms with Crippen molar-refractivity contribution in [2.24, 2.45) is 7.05 Å². The largest absolute Gasteiger partial charge is 0.353 e. The summed E-state index contributed by atoms with van der Waals surface area (Å²) in [4.78, 5) is 31.5. The molecule has 1 fully saturated rings. The van der Waals surface area contributed by atoms with E-state index in [-0.39, 0.29) is 5.91 Å². The van der Waals surface area contributed by atoms with Gasteiger partial charge in [0.05, 0.1) is 10.6 Å². The van der Waals surface area contributed by atoms with Crippen molar-refractivity contribution in [3.05, 3.63) is 59.4 Å². The van der Waals surface area contributed by atoms with Crippen molar-refractivity contribution in [2.45, 2.75) is 13.8 Å². The molecule has 1 saturated heterocycles. The van der Waals surface area contributed by atoms with Crippen LogP contribution in [0.15, 0.2) is 42.3 Å². The first kappa shape index (κ1) is 20.4. The molecule has 1 aliphatic rings. The summed E-state index contributed by atoms with van der Waals surface area (Å²) >= 11 is 1.62. The zero-order valence-electron chi connectivity index (χ0n) is 18.3. The van der Waals surface area contributed by atoms with Gasteiger partial charge in [0.15, 0.2) is 0 Å². The van der Waals surface area contributed by atoms with Gasteiger partial charge in [0.25, 0.3) is 5.91 Å². The van der Waals surface area contributed by atoms with Crippen LogP contribution in [0, 0.1) is 13.8 Å². The molecule has 1 amide bonds. The predicted molar refractivity (Wildman–Crippen MR) is 123 cm³/mol. The maximum absolute atomic E-state index is 13.1. The van der Waals surface area contributed by atoms with Gasteiger partial charge in [0.2, 0.25) is 0 Å². The second kappa shape index (κ2) is 8.19. The molecule has 0 atom stereocenters. The number of carbonyl (C=O) groups is 1. The number of thiophene rings is 1. The van der Waals surface area contributed by atoms with E-state index in [2.05, 4.69) is 25.0 Å². The lowest BCUT2D eigenvalue weighted by molar-refractivity contribution is 0.0735. The highest BCUT2D eigenvalue weighted by molar-refractivity contribution is 7.13. The van der Waals surface area contributed by atoms with Crippen LogP contribution >= 0.6 is 11.3 Å². The van der Waals surface area contributed by atoms with Crippen LogP contribution in [-0.2, 0) is 7.05 Å². The molecule has 10 heteroatoms. The van der Waals surface area contributed by atoms with E-state index in [1.807, 2.05) is 60.0 Å². The van der Waals surface area contributed by atoms with E-state index >= 15 is 0 Å². The number of anilines is 1. The Kier molecular flexibility index (Phi) is 5.22. The molecule has 0 spiro atoms. The Bertz CT molecular complexity index is 1250. The predicted octanol–water partition coefficient (Wildman–Crippen LogP) is 2.70. The van der Waals surface area contributed by atoms with Crippen LogP contribution in [0.4, 0.5) is 5.82 Å². The van der Waals surface area contributed by atoms with Gasteiger partial charge in [-0.15, -0.1) is 11.3 Å². The van der Waals surface area contributed by atoms with Crippen molar-refractivity contribution in [1.29, 1.82) is 0 Å². The van der Waals surface area contributed by atoms with Crippen molar-refractivity contribution in [3.8, 4) is 16.4 Å². The average Bonchev–Trinajstić information content (AvgIpc) is 3.55. The molecule has 1 aliphatic heterocycles. The van der Waals surface area contributed by atoms with Gasteiger partial charge >= 0.3 is 0 Å². The number of aryl methyl sites for hydroxylation is 2. The maximum Gasteiger partial charge on any atom is 0.272 e. The summed E-state index contributed by atoms with van der Waals surface area (Å²) < 4.78 is 3.64. The van der Waals surface area contributed by atoms with Crippen LogP contribution in [0.1, 0.15) is 21.9 Å². The fourth-order valence-corrected chi connectivity index (χ4v) is 4.57. The molecule has 5 heterocycles. The highest BCUT2D eigenvalue weighted by atomic mass is 32.1. The molecule has 0 N–H and O–H groups in total. The van der Waals surface area contributed by atoms with Crippen LogP contribution in [0.3, 0.4) is 0 Å². The molecule has 4 aromatic rings. The second-order valence-corrected chi connectivity index (χ2v) is 8.76. The summed E-state index contributed by atoms with van der Waals surface area (Å²) in [5.41, 5.74) is 3.48. The molecular weight excluding hydrogens is 424 g/mol. The minimum atomic E-state index is 0.00958. The Labute approximate surface area is 190 Å². The Morgan fingerprint density at radius 3 is 2.50 bits per heavy atom. The van der Waals surface area contributed by atoms with E-state index in [0.29, 0.717) is 31.9 Å². The van der Waals surface area contributed by atoms with Gasteiger partial charge in [0, 0.05) is 45.0 Å². The Hall–Kier alpha value is -3.53. The van der Waals surface area contributed by atoms with Crippen LogP contribution in [0.25, 0.3) is 16.4 Å². The lowest BCUT2D eigenvalue weighted by atomic mass is 10.2. The number of hydrogen-bond donors (Lipinski definition) is 0. The number of nitrogens with zero attached hydrogens (tertiary/aromatic N) is 8. The molecule has 0 aromatic carbocycles. The zero-order chi connectivity index (χ0) is 22.2. The summed E-state index contributed by atoms with van der Waals surface area (Å²) in [6, 6.07) is 7.86. The number of amides is 1. The number of rotatable bonds is 4. The number of piperazine rings is 1. The molecule has 164 valence electrons. The van der Waals surface area contributed by atoms with Crippen LogP contribution in [-0.4, -0.2) is 66.3 Å². The van der Waals surface area contributed by atoms with Crippen molar-refractivity contribution >= 4 is 23.1 Å². The third-order valence-electron chi connectivity index (χ3n) is 5.90. The van der Waals surface area contributed by atoms with E-state index in [9.17, 15) is 4.79 Å². The van der Waals surface area contributed by atoms with Gasteiger partial charge in [-0.1, -0.05) is 6.07 Å². The molecule has 0 unspecified atom stereocenters. The standard InChI is InChI=1S/C22H24N8OS/c1-15-16(2)30(14-25-15)21-12-20(23-13-24-21)28-6-8-29(9-7-28)22(31)18-11-17(26-27(18)3)19-5-4-10-32-19/h4-5,10-14H,6-9H2,1-3H3. The first-order chi connectivity index (χ1) is 15.5. The van der Waals surface area contributed by atoms with E-state index < -0.39 is 0 Å². The number of carbonyl (C=O) groups excluding carboxylic acids is 1. The van der Waals surface area contributed by atoms with E-state index in [1.54, 1.807) is 28.7 Å². The second-order valence-electron chi connectivity index (χ2n) is 7.81. The first-order valence-electron chi connectivity index (χ1n) is 10.5. The molecule has 32 heavy (non-hydrogen) atoms. The smallest absolute Gasteiger partial charge is 0.272 e. The molecular formula is C22H24N8OS. The highest BCUT2D eigenvalue weighted by Crippen LogP contribution is 2.25. The zero-order valence-corrected chi connectivity index (χ0v) is 19.1.